The van der Waals surface area contributed by atoms with Crippen LogP contribution in [0.25, 0.3) is 6.08 Å². The van der Waals surface area contributed by atoms with Gasteiger partial charge in [0.2, 0.25) is 11.8 Å². The highest BCUT2D eigenvalue weighted by molar-refractivity contribution is 6.30. The predicted molar refractivity (Wildman–Crippen MR) is 121 cm³/mol. The van der Waals surface area contributed by atoms with Crippen LogP contribution in [-0.4, -0.2) is 58.2 Å². The normalized spacial score (nSPS) is 15.3. The smallest absolute Gasteiger partial charge is 0.249 e. The number of ether oxygens (including phenoxy) is 4. The van der Waals surface area contributed by atoms with Gasteiger partial charge in [0.1, 0.15) is 23.0 Å². The second-order valence-electron chi connectivity index (χ2n) is 7.00. The molecule has 1 N–H and O–H groups in total. The minimum Gasteiger partial charge on any atom is -0.496 e. The second kappa shape index (κ2) is 10.3. The summed E-state index contributed by atoms with van der Waals surface area (Å²) in [5.74, 6) is 1.58. The van der Waals surface area contributed by atoms with Crippen LogP contribution in [-0.2, 0) is 16.1 Å². The molecule has 0 saturated carbocycles. The van der Waals surface area contributed by atoms with Crippen LogP contribution >= 0.6 is 11.6 Å². The lowest BCUT2D eigenvalue weighted by Gasteiger charge is -2.23. The minimum atomic E-state index is -0.337. The molecule has 3 rings (SSSR count). The van der Waals surface area contributed by atoms with E-state index in [-0.39, 0.29) is 31.4 Å². The van der Waals surface area contributed by atoms with Crippen LogP contribution < -0.4 is 24.3 Å². The Kier molecular flexibility index (Phi) is 7.48. The Balaban J connectivity index is 1.99. The lowest BCUT2D eigenvalue weighted by atomic mass is 10.1. The average Bonchev–Trinajstić information content (AvgIpc) is 2.93. The van der Waals surface area contributed by atoms with E-state index < -0.39 is 0 Å². The SMILES string of the molecule is COc1cc(OC)c(CN2C/C(=C\c3cc(Cl)ccc3OC)C(=O)NCC2=O)c(OC)c1. The number of rotatable bonds is 7. The van der Waals surface area contributed by atoms with E-state index in [0.717, 1.165) is 0 Å². The number of methoxy groups -OCH3 is 4. The highest BCUT2D eigenvalue weighted by atomic mass is 35.5. The Bertz CT molecular complexity index is 1030. The molecule has 1 aliphatic heterocycles. The molecule has 1 aliphatic rings. The van der Waals surface area contributed by atoms with E-state index in [9.17, 15) is 9.59 Å². The summed E-state index contributed by atoms with van der Waals surface area (Å²) in [4.78, 5) is 27.0. The van der Waals surface area contributed by atoms with Gasteiger partial charge in [0.25, 0.3) is 0 Å². The molecule has 9 heteroatoms. The largest absolute Gasteiger partial charge is 0.496 e. The first-order valence-corrected chi connectivity index (χ1v) is 10.2. The van der Waals surface area contributed by atoms with E-state index in [2.05, 4.69) is 5.32 Å². The van der Waals surface area contributed by atoms with Crippen LogP contribution in [0.1, 0.15) is 11.1 Å². The molecule has 1 heterocycles. The van der Waals surface area contributed by atoms with Crippen LogP contribution in [0.3, 0.4) is 0 Å². The van der Waals surface area contributed by atoms with Crippen LogP contribution in [0.4, 0.5) is 0 Å². The number of hydrogen-bond donors (Lipinski definition) is 1. The first kappa shape index (κ1) is 23.3. The zero-order valence-electron chi connectivity index (χ0n) is 18.4. The second-order valence-corrected chi connectivity index (χ2v) is 7.44. The van der Waals surface area contributed by atoms with Crippen molar-refractivity contribution in [2.75, 3.05) is 41.5 Å². The van der Waals surface area contributed by atoms with Crippen molar-refractivity contribution in [3.8, 4) is 23.0 Å². The van der Waals surface area contributed by atoms with Gasteiger partial charge >= 0.3 is 0 Å². The van der Waals surface area contributed by atoms with Crippen LogP contribution in [0.15, 0.2) is 35.9 Å². The lowest BCUT2D eigenvalue weighted by molar-refractivity contribution is -0.130. The highest BCUT2D eigenvalue weighted by Crippen LogP contribution is 2.35. The van der Waals surface area contributed by atoms with Gasteiger partial charge in [-0.15, -0.1) is 0 Å². The van der Waals surface area contributed by atoms with Gasteiger partial charge in [-0.3, -0.25) is 9.59 Å². The van der Waals surface area contributed by atoms with Crippen LogP contribution in [0.2, 0.25) is 5.02 Å². The Morgan fingerprint density at radius 1 is 0.969 bits per heavy atom. The number of carbonyl (C=O) groups is 2. The molecular weight excluding hydrogens is 436 g/mol. The van der Waals surface area contributed by atoms with Crippen molar-refractivity contribution >= 4 is 29.5 Å². The zero-order chi connectivity index (χ0) is 23.3. The lowest BCUT2D eigenvalue weighted by Crippen LogP contribution is -2.35. The molecule has 0 atom stereocenters. The van der Waals surface area contributed by atoms with Gasteiger partial charge in [-0.1, -0.05) is 11.6 Å². The maximum Gasteiger partial charge on any atom is 0.249 e. The van der Waals surface area contributed by atoms with E-state index in [4.69, 9.17) is 30.5 Å². The fraction of sp³-hybridized carbons (Fsp3) is 0.304. The molecule has 0 aliphatic carbocycles. The van der Waals surface area contributed by atoms with Gasteiger partial charge in [0.05, 0.1) is 53.6 Å². The average molecular weight is 461 g/mol. The molecule has 32 heavy (non-hydrogen) atoms. The summed E-state index contributed by atoms with van der Waals surface area (Å²) in [6.45, 7) is 0.135. The van der Waals surface area contributed by atoms with Crippen molar-refractivity contribution in [2.24, 2.45) is 0 Å². The molecule has 0 unspecified atom stereocenters. The molecule has 0 aromatic heterocycles. The van der Waals surface area contributed by atoms with Crippen molar-refractivity contribution in [2.45, 2.75) is 6.54 Å². The summed E-state index contributed by atoms with van der Waals surface area (Å²) >= 11 is 6.12. The van der Waals surface area contributed by atoms with E-state index in [0.29, 0.717) is 44.7 Å². The zero-order valence-corrected chi connectivity index (χ0v) is 19.1. The van der Waals surface area contributed by atoms with Gasteiger partial charge in [-0.25, -0.2) is 0 Å². The van der Waals surface area contributed by atoms with Crippen LogP contribution in [0.5, 0.6) is 23.0 Å². The Hall–Kier alpha value is -3.39. The summed E-state index contributed by atoms with van der Waals surface area (Å²) in [5.41, 5.74) is 1.69. The van der Waals surface area contributed by atoms with Crippen molar-refractivity contribution in [1.82, 2.24) is 10.2 Å². The van der Waals surface area contributed by atoms with Crippen molar-refractivity contribution in [1.29, 1.82) is 0 Å². The quantitative estimate of drug-likeness (QED) is 0.639. The number of amides is 2. The Morgan fingerprint density at radius 2 is 1.62 bits per heavy atom. The monoisotopic (exact) mass is 460 g/mol. The third kappa shape index (κ3) is 5.08. The third-order valence-electron chi connectivity index (χ3n) is 5.09. The fourth-order valence-corrected chi connectivity index (χ4v) is 3.61. The highest BCUT2D eigenvalue weighted by Gasteiger charge is 2.27. The number of carbonyl (C=O) groups excluding carboxylic acids is 2. The van der Waals surface area contributed by atoms with Crippen molar-refractivity contribution in [3.63, 3.8) is 0 Å². The molecule has 0 radical (unpaired) electrons. The third-order valence-corrected chi connectivity index (χ3v) is 5.33. The van der Waals surface area contributed by atoms with E-state index in [1.807, 2.05) is 0 Å². The number of hydrogen-bond acceptors (Lipinski definition) is 6. The first-order chi connectivity index (χ1) is 15.4. The van der Waals surface area contributed by atoms with Gasteiger partial charge in [0, 0.05) is 28.3 Å². The standard InChI is InChI=1S/C23H25ClN2O6/c1-29-17-9-20(31-3)18(21(10-17)32-4)13-26-12-15(23(28)25-11-22(26)27)7-14-8-16(24)5-6-19(14)30-2/h5-10H,11-13H2,1-4H3,(H,25,28)/b15-7+. The van der Waals surface area contributed by atoms with Gasteiger partial charge in [-0.05, 0) is 24.3 Å². The molecular formula is C23H25ClN2O6. The molecule has 2 aromatic rings. The van der Waals surface area contributed by atoms with Gasteiger partial charge in [-0.2, -0.15) is 0 Å². The Labute approximate surface area is 191 Å². The topological polar surface area (TPSA) is 86.3 Å². The number of nitrogens with zero attached hydrogens (tertiary/aromatic N) is 1. The summed E-state index contributed by atoms with van der Waals surface area (Å²) in [6.07, 6.45) is 1.67. The number of benzene rings is 2. The first-order valence-electron chi connectivity index (χ1n) is 9.79. The molecule has 2 aromatic carbocycles. The van der Waals surface area contributed by atoms with Gasteiger partial charge < -0.3 is 29.2 Å². The predicted octanol–water partition coefficient (Wildman–Crippen LogP) is 2.92. The summed E-state index contributed by atoms with van der Waals surface area (Å²) in [5, 5.41) is 3.16. The molecule has 2 amide bonds. The fourth-order valence-electron chi connectivity index (χ4n) is 3.43. The summed E-state index contributed by atoms with van der Waals surface area (Å²) in [6, 6.07) is 8.56. The molecule has 1 fully saturated rings. The molecule has 8 nitrogen and oxygen atoms in total. The summed E-state index contributed by atoms with van der Waals surface area (Å²) in [7, 11) is 6.15. The Morgan fingerprint density at radius 3 is 2.22 bits per heavy atom. The molecule has 1 saturated heterocycles. The number of nitrogens with one attached hydrogen (secondary N) is 1. The maximum absolute atomic E-state index is 12.8. The number of halogens is 1. The van der Waals surface area contributed by atoms with Crippen molar-refractivity contribution < 1.29 is 28.5 Å². The van der Waals surface area contributed by atoms with E-state index >= 15 is 0 Å². The molecule has 0 bridgehead atoms. The van der Waals surface area contributed by atoms with Crippen molar-refractivity contribution in [3.05, 3.63) is 52.1 Å². The summed E-state index contributed by atoms with van der Waals surface area (Å²) < 4.78 is 21.7. The van der Waals surface area contributed by atoms with E-state index in [1.165, 1.54) is 21.3 Å². The van der Waals surface area contributed by atoms with Gasteiger partial charge in [0.15, 0.2) is 0 Å². The minimum absolute atomic E-state index is 0.0820. The molecule has 170 valence electrons. The maximum atomic E-state index is 12.8. The van der Waals surface area contributed by atoms with Crippen LogP contribution in [0, 0.1) is 0 Å². The van der Waals surface area contributed by atoms with E-state index in [1.54, 1.807) is 48.4 Å². The molecule has 0 spiro atoms.